The lowest BCUT2D eigenvalue weighted by Gasteiger charge is -2.18. The van der Waals surface area contributed by atoms with Crippen LogP contribution in [0.25, 0.3) is 26.5 Å². The molecule has 240 valence electrons. The molecule has 0 aliphatic rings. The summed E-state index contributed by atoms with van der Waals surface area (Å²) in [6, 6.07) is 15.1. The number of anilines is 1. The van der Waals surface area contributed by atoms with E-state index in [4.69, 9.17) is 4.74 Å². The summed E-state index contributed by atoms with van der Waals surface area (Å²) in [5.41, 5.74) is 0.272. The third-order valence-electron chi connectivity index (χ3n) is 7.32. The van der Waals surface area contributed by atoms with Crippen molar-refractivity contribution in [1.82, 2.24) is 24.3 Å². The second-order valence-electron chi connectivity index (χ2n) is 10.5. The molecule has 0 bridgehead atoms. The number of nitrogens with zero attached hydrogens (tertiary/aromatic N) is 4. The normalized spacial score (nSPS) is 11.3. The van der Waals surface area contributed by atoms with Crippen molar-refractivity contribution < 1.29 is 18.3 Å². The van der Waals surface area contributed by atoms with Crippen molar-refractivity contribution in [3.05, 3.63) is 110 Å². The molecule has 0 spiro atoms. The van der Waals surface area contributed by atoms with E-state index in [1.807, 2.05) is 37.9 Å². The Morgan fingerprint density at radius 2 is 1.74 bits per heavy atom. The maximum atomic E-state index is 14.9. The van der Waals surface area contributed by atoms with Crippen molar-refractivity contribution in [3.63, 3.8) is 0 Å². The van der Waals surface area contributed by atoms with E-state index in [0.29, 0.717) is 49.0 Å². The minimum Gasteiger partial charge on any atom is -0.380 e. The zero-order valence-electron chi connectivity index (χ0n) is 25.7. The lowest BCUT2D eigenvalue weighted by Crippen LogP contribution is -2.39. The topological polar surface area (TPSA) is 110 Å². The van der Waals surface area contributed by atoms with Gasteiger partial charge in [-0.05, 0) is 68.4 Å². The molecule has 0 radical (unpaired) electrons. The van der Waals surface area contributed by atoms with E-state index in [2.05, 4.69) is 15.6 Å². The highest BCUT2D eigenvalue weighted by atomic mass is 32.1. The standard InChI is InChI=1S/C33H34F2N6O4S/c1-4-36-32(43)38-22-14-12-21(13-15-22)29-24(19-39(3)17-18-45-5-2)28-30(42)41(27-11-6-7-16-37-27)33(44)40(31(28)46-29)20-23-25(34)9-8-10-26(23)35/h6-16H,4-5,17-20H2,1-3H3,(H2,36,38,43). The third kappa shape index (κ3) is 6.91. The molecule has 0 aliphatic heterocycles. The van der Waals surface area contributed by atoms with E-state index in [1.165, 1.54) is 34.2 Å². The summed E-state index contributed by atoms with van der Waals surface area (Å²) in [6.45, 7) is 5.66. The van der Waals surface area contributed by atoms with Crippen molar-refractivity contribution in [2.45, 2.75) is 26.9 Å². The Labute approximate surface area is 267 Å². The lowest BCUT2D eigenvalue weighted by atomic mass is 10.1. The smallest absolute Gasteiger partial charge is 0.338 e. The Balaban J connectivity index is 1.76. The van der Waals surface area contributed by atoms with E-state index in [-0.39, 0.29) is 27.6 Å². The molecule has 3 heterocycles. The van der Waals surface area contributed by atoms with Gasteiger partial charge < -0.3 is 15.4 Å². The molecule has 5 aromatic rings. The average Bonchev–Trinajstić information content (AvgIpc) is 3.40. The fourth-order valence-corrected chi connectivity index (χ4v) is 6.38. The van der Waals surface area contributed by atoms with E-state index < -0.39 is 29.4 Å². The van der Waals surface area contributed by atoms with Gasteiger partial charge in [0.05, 0.1) is 18.5 Å². The first-order chi connectivity index (χ1) is 22.2. The SMILES string of the molecule is CCNC(=O)Nc1ccc(-c2sc3c(c2CN(C)CCOCC)c(=O)n(-c2ccccn2)c(=O)n3Cc2c(F)cccc2F)cc1. The predicted molar refractivity (Wildman–Crippen MR) is 176 cm³/mol. The Kier molecular flexibility index (Phi) is 10.4. The first-order valence-electron chi connectivity index (χ1n) is 14.8. The Morgan fingerprint density at radius 3 is 2.39 bits per heavy atom. The molecule has 3 aromatic heterocycles. The predicted octanol–water partition coefficient (Wildman–Crippen LogP) is 5.21. The van der Waals surface area contributed by atoms with Crippen LogP contribution in [0.3, 0.4) is 0 Å². The van der Waals surface area contributed by atoms with E-state index in [0.717, 1.165) is 22.3 Å². The summed E-state index contributed by atoms with van der Waals surface area (Å²) in [6.07, 6.45) is 1.46. The van der Waals surface area contributed by atoms with Gasteiger partial charge in [-0.3, -0.25) is 14.3 Å². The molecule has 0 unspecified atom stereocenters. The number of thiophene rings is 1. The monoisotopic (exact) mass is 648 g/mol. The van der Waals surface area contributed by atoms with Gasteiger partial charge in [0.1, 0.15) is 22.3 Å². The fourth-order valence-electron chi connectivity index (χ4n) is 5.08. The number of carbonyl (C=O) groups is 1. The van der Waals surface area contributed by atoms with E-state index in [1.54, 1.807) is 24.3 Å². The van der Waals surface area contributed by atoms with Gasteiger partial charge in [-0.25, -0.2) is 27.9 Å². The van der Waals surface area contributed by atoms with Crippen molar-refractivity contribution in [2.75, 3.05) is 38.7 Å². The summed E-state index contributed by atoms with van der Waals surface area (Å²) >= 11 is 1.19. The molecule has 2 amide bonds. The molecule has 13 heteroatoms. The Bertz CT molecular complexity index is 1940. The van der Waals surface area contributed by atoms with Crippen LogP contribution in [0.1, 0.15) is 25.0 Å². The number of nitrogens with one attached hydrogen (secondary N) is 2. The van der Waals surface area contributed by atoms with Crippen LogP contribution in [0, 0.1) is 11.6 Å². The summed E-state index contributed by atoms with van der Waals surface area (Å²) in [5, 5.41) is 5.69. The van der Waals surface area contributed by atoms with Crippen LogP contribution in [-0.4, -0.2) is 58.4 Å². The van der Waals surface area contributed by atoms with Gasteiger partial charge in [-0.15, -0.1) is 11.3 Å². The molecule has 46 heavy (non-hydrogen) atoms. The van der Waals surface area contributed by atoms with Crippen molar-refractivity contribution >= 4 is 33.3 Å². The highest BCUT2D eigenvalue weighted by molar-refractivity contribution is 7.22. The quantitative estimate of drug-likeness (QED) is 0.180. The number of hydrogen-bond donors (Lipinski definition) is 2. The summed E-state index contributed by atoms with van der Waals surface area (Å²) in [4.78, 5) is 47.6. The van der Waals surface area contributed by atoms with Crippen LogP contribution >= 0.6 is 11.3 Å². The zero-order valence-corrected chi connectivity index (χ0v) is 26.5. The van der Waals surface area contributed by atoms with Crippen LogP contribution in [0.5, 0.6) is 0 Å². The molecule has 0 saturated heterocycles. The van der Waals surface area contributed by atoms with Crippen LogP contribution in [0.4, 0.5) is 19.3 Å². The van der Waals surface area contributed by atoms with Gasteiger partial charge in [-0.2, -0.15) is 0 Å². The number of amides is 2. The second-order valence-corrected chi connectivity index (χ2v) is 11.5. The number of carbonyl (C=O) groups excluding carboxylic acids is 1. The number of hydrogen-bond acceptors (Lipinski definition) is 7. The summed E-state index contributed by atoms with van der Waals surface area (Å²) < 4.78 is 37.6. The number of pyridine rings is 1. The van der Waals surface area contributed by atoms with Crippen LogP contribution in [-0.2, 0) is 17.8 Å². The van der Waals surface area contributed by atoms with E-state index in [9.17, 15) is 23.2 Å². The first kappa shape index (κ1) is 32.7. The van der Waals surface area contributed by atoms with Gasteiger partial charge in [0.15, 0.2) is 0 Å². The van der Waals surface area contributed by atoms with Gasteiger partial charge in [0.25, 0.3) is 5.56 Å². The molecular weight excluding hydrogens is 614 g/mol. The number of halogens is 2. The summed E-state index contributed by atoms with van der Waals surface area (Å²) in [7, 11) is 1.90. The molecular formula is C33H34F2N6O4S. The number of rotatable bonds is 12. The molecule has 0 saturated carbocycles. The van der Waals surface area contributed by atoms with Crippen LogP contribution < -0.4 is 21.9 Å². The minimum absolute atomic E-state index is 0.0892. The fraction of sp³-hybridized carbons (Fsp3) is 0.273. The number of aromatic nitrogens is 3. The number of ether oxygens (including phenoxy) is 1. The second kappa shape index (κ2) is 14.6. The highest BCUT2D eigenvalue weighted by Crippen LogP contribution is 2.38. The third-order valence-corrected chi connectivity index (χ3v) is 8.62. The molecule has 2 aromatic carbocycles. The van der Waals surface area contributed by atoms with E-state index >= 15 is 0 Å². The highest BCUT2D eigenvalue weighted by Gasteiger charge is 2.26. The molecule has 0 atom stereocenters. The molecule has 10 nitrogen and oxygen atoms in total. The van der Waals surface area contributed by atoms with Gasteiger partial charge >= 0.3 is 11.7 Å². The molecule has 5 rings (SSSR count). The molecule has 2 N–H and O–H groups in total. The minimum atomic E-state index is -0.807. The number of likely N-dealkylation sites (N-methyl/N-ethyl adjacent to an activating group) is 1. The van der Waals surface area contributed by atoms with Crippen LogP contribution in [0.15, 0.2) is 76.4 Å². The Hall–Kier alpha value is -4.72. The van der Waals surface area contributed by atoms with Crippen molar-refractivity contribution in [3.8, 4) is 16.3 Å². The lowest BCUT2D eigenvalue weighted by molar-refractivity contribution is 0.120. The maximum Gasteiger partial charge on any atom is 0.338 e. The maximum absolute atomic E-state index is 14.9. The largest absolute Gasteiger partial charge is 0.380 e. The van der Waals surface area contributed by atoms with Gasteiger partial charge in [-0.1, -0.05) is 24.3 Å². The molecule has 0 fully saturated rings. The number of fused-ring (bicyclic) bond motifs is 1. The van der Waals surface area contributed by atoms with Crippen molar-refractivity contribution in [2.24, 2.45) is 0 Å². The molecule has 0 aliphatic carbocycles. The zero-order chi connectivity index (χ0) is 32.8. The van der Waals surface area contributed by atoms with Crippen molar-refractivity contribution in [1.29, 1.82) is 0 Å². The van der Waals surface area contributed by atoms with Gasteiger partial charge in [0, 0.05) is 48.6 Å². The van der Waals surface area contributed by atoms with Crippen LogP contribution in [0.2, 0.25) is 0 Å². The summed E-state index contributed by atoms with van der Waals surface area (Å²) in [5.74, 6) is -1.52. The average molecular weight is 649 g/mol. The Morgan fingerprint density at radius 1 is 1.00 bits per heavy atom. The first-order valence-corrected chi connectivity index (χ1v) is 15.6. The van der Waals surface area contributed by atoms with Gasteiger partial charge in [0.2, 0.25) is 0 Å². The number of benzene rings is 2. The number of urea groups is 1.